The molecule has 10 aromatic rings. The quantitative estimate of drug-likeness (QED) is 0.188. The molecule has 10 rings (SSSR count). The first-order chi connectivity index (χ1) is 24.8. The summed E-state index contributed by atoms with van der Waals surface area (Å²) in [4.78, 5) is 19.9. The minimum atomic E-state index is 0.526. The summed E-state index contributed by atoms with van der Waals surface area (Å²) in [7, 11) is 0. The van der Waals surface area contributed by atoms with E-state index in [1.165, 1.54) is 21.8 Å². The zero-order chi connectivity index (χ0) is 33.0. The van der Waals surface area contributed by atoms with Crippen molar-refractivity contribution in [3.63, 3.8) is 0 Å². The molecule has 6 nitrogen and oxygen atoms in total. The van der Waals surface area contributed by atoms with Gasteiger partial charge in [-0.05, 0) is 59.7 Å². The van der Waals surface area contributed by atoms with E-state index < -0.39 is 0 Å². The maximum absolute atomic E-state index is 5.04. The van der Waals surface area contributed by atoms with Gasteiger partial charge in [0.15, 0.2) is 11.6 Å². The Morgan fingerprint density at radius 2 is 0.940 bits per heavy atom. The molecule has 0 amide bonds. The molecule has 6 heteroatoms. The first-order valence-corrected chi connectivity index (χ1v) is 16.7. The molecule has 0 unspecified atom stereocenters. The second-order valence-electron chi connectivity index (χ2n) is 12.4. The minimum Gasteiger partial charge on any atom is -0.309 e. The predicted octanol–water partition coefficient (Wildman–Crippen LogP) is 10.5. The minimum absolute atomic E-state index is 0.526. The van der Waals surface area contributed by atoms with Gasteiger partial charge in [0.1, 0.15) is 5.65 Å². The summed E-state index contributed by atoms with van der Waals surface area (Å²) in [5.74, 6) is 1.75. The maximum atomic E-state index is 5.04. The molecule has 0 aliphatic carbocycles. The van der Waals surface area contributed by atoms with Crippen molar-refractivity contribution in [1.29, 1.82) is 0 Å². The van der Waals surface area contributed by atoms with Gasteiger partial charge in [0, 0.05) is 44.6 Å². The van der Waals surface area contributed by atoms with Gasteiger partial charge in [0.05, 0.1) is 16.6 Å². The van der Waals surface area contributed by atoms with Crippen molar-refractivity contribution >= 4 is 43.7 Å². The van der Waals surface area contributed by atoms with Gasteiger partial charge in [-0.15, -0.1) is 0 Å². The lowest BCUT2D eigenvalue weighted by Crippen LogP contribution is -2.06. The Morgan fingerprint density at radius 3 is 1.68 bits per heavy atom. The zero-order valence-electron chi connectivity index (χ0n) is 26.8. The molecule has 0 aliphatic rings. The van der Waals surface area contributed by atoms with Crippen LogP contribution in [0.1, 0.15) is 0 Å². The van der Waals surface area contributed by atoms with Crippen LogP contribution in [0.4, 0.5) is 0 Å². The fraction of sp³-hybridized carbons (Fsp3) is 0. The van der Waals surface area contributed by atoms with Crippen molar-refractivity contribution in [2.24, 2.45) is 0 Å². The van der Waals surface area contributed by atoms with Crippen molar-refractivity contribution < 1.29 is 0 Å². The monoisotopic (exact) mass is 640 g/mol. The molecular formula is C44H28N6. The average molecular weight is 641 g/mol. The lowest BCUT2D eigenvalue weighted by atomic mass is 10.0. The average Bonchev–Trinajstić information content (AvgIpc) is 3.71. The number of rotatable bonds is 5. The van der Waals surface area contributed by atoms with E-state index in [1.54, 1.807) is 0 Å². The summed E-state index contributed by atoms with van der Waals surface area (Å²) in [5.41, 5.74) is 9.39. The zero-order valence-corrected chi connectivity index (χ0v) is 26.8. The molecule has 0 saturated carbocycles. The van der Waals surface area contributed by atoms with Crippen LogP contribution in [0.15, 0.2) is 170 Å². The summed E-state index contributed by atoms with van der Waals surface area (Å²) in [6, 6.07) is 56.8. The Kier molecular flexibility index (Phi) is 6.39. The molecule has 0 saturated heterocycles. The third-order valence-corrected chi connectivity index (χ3v) is 9.44. The molecule has 4 aromatic heterocycles. The van der Waals surface area contributed by atoms with Gasteiger partial charge in [0.25, 0.3) is 0 Å². The molecular weight excluding hydrogens is 613 g/mol. The van der Waals surface area contributed by atoms with Crippen LogP contribution in [0.3, 0.4) is 0 Å². The van der Waals surface area contributed by atoms with Crippen molar-refractivity contribution in [3.8, 4) is 45.5 Å². The summed E-state index contributed by atoms with van der Waals surface area (Å²) in [6.45, 7) is 0. The highest BCUT2D eigenvalue weighted by Crippen LogP contribution is 2.37. The van der Waals surface area contributed by atoms with E-state index in [-0.39, 0.29) is 0 Å². The molecule has 0 aliphatic heterocycles. The van der Waals surface area contributed by atoms with Crippen LogP contribution in [0.5, 0.6) is 0 Å². The van der Waals surface area contributed by atoms with Crippen molar-refractivity contribution in [3.05, 3.63) is 170 Å². The van der Waals surface area contributed by atoms with Gasteiger partial charge in [-0.3, -0.25) is 4.57 Å². The second kappa shape index (κ2) is 11.4. The lowest BCUT2D eigenvalue weighted by Gasteiger charge is -2.11. The highest BCUT2D eigenvalue weighted by atomic mass is 15.2. The number of pyridine rings is 1. The van der Waals surface area contributed by atoms with E-state index in [0.717, 1.165) is 49.9 Å². The van der Waals surface area contributed by atoms with Crippen LogP contribution in [-0.4, -0.2) is 29.1 Å². The lowest BCUT2D eigenvalue weighted by molar-refractivity contribution is 0.944. The summed E-state index contributed by atoms with van der Waals surface area (Å²) in [5, 5.41) is 4.59. The Morgan fingerprint density at radius 1 is 0.360 bits per heavy atom. The van der Waals surface area contributed by atoms with E-state index >= 15 is 0 Å². The number of para-hydroxylation sites is 2. The molecule has 0 atom stereocenters. The van der Waals surface area contributed by atoms with Crippen molar-refractivity contribution in [2.75, 3.05) is 0 Å². The molecule has 0 N–H and O–H groups in total. The first-order valence-electron chi connectivity index (χ1n) is 16.7. The van der Waals surface area contributed by atoms with Crippen LogP contribution in [0, 0.1) is 0 Å². The SMILES string of the molecule is c1ccc(-c2nc(-c3ccccc3)nc(-n3c4ccc(-c5ccc6c7ccccc7n(-c7ccccc7)c6c5)cc4c4cccnc43)n2)cc1. The van der Waals surface area contributed by atoms with Gasteiger partial charge in [-0.2, -0.15) is 9.97 Å². The molecule has 50 heavy (non-hydrogen) atoms. The third-order valence-electron chi connectivity index (χ3n) is 9.44. The molecule has 0 radical (unpaired) electrons. The van der Waals surface area contributed by atoms with E-state index in [1.807, 2.05) is 72.9 Å². The topological polar surface area (TPSA) is 61.4 Å². The number of hydrogen-bond acceptors (Lipinski definition) is 4. The third kappa shape index (κ3) is 4.50. The largest absolute Gasteiger partial charge is 0.309 e. The van der Waals surface area contributed by atoms with Crippen LogP contribution >= 0.6 is 0 Å². The first kappa shape index (κ1) is 28.1. The fourth-order valence-corrected chi connectivity index (χ4v) is 7.13. The normalized spacial score (nSPS) is 11.6. The summed E-state index contributed by atoms with van der Waals surface area (Å²) in [6.07, 6.45) is 1.83. The number of hydrogen-bond donors (Lipinski definition) is 0. The number of fused-ring (bicyclic) bond motifs is 6. The van der Waals surface area contributed by atoms with E-state index in [9.17, 15) is 0 Å². The van der Waals surface area contributed by atoms with Gasteiger partial charge in [-0.25, -0.2) is 9.97 Å². The van der Waals surface area contributed by atoms with Crippen LogP contribution in [-0.2, 0) is 0 Å². The highest BCUT2D eigenvalue weighted by Gasteiger charge is 2.20. The second-order valence-corrected chi connectivity index (χ2v) is 12.4. The maximum Gasteiger partial charge on any atom is 0.240 e. The molecule has 4 heterocycles. The summed E-state index contributed by atoms with van der Waals surface area (Å²) >= 11 is 0. The van der Waals surface area contributed by atoms with Crippen LogP contribution in [0.25, 0.3) is 89.3 Å². The standard InChI is InChI=1S/C44H28N6/c1-4-13-29(14-5-1)41-46-42(30-15-6-2-7-16-30)48-44(47-41)50-39-25-23-31(27-37(39)36-20-12-26-45-43(36)50)32-22-24-35-34-19-10-11-21-38(34)49(40(35)28-32)33-17-8-3-9-18-33/h1-28H. The molecule has 0 bridgehead atoms. The molecule has 0 fully saturated rings. The van der Waals surface area contributed by atoms with Crippen molar-refractivity contribution in [1.82, 2.24) is 29.1 Å². The van der Waals surface area contributed by atoms with E-state index in [4.69, 9.17) is 19.9 Å². The summed E-state index contributed by atoms with van der Waals surface area (Å²) < 4.78 is 4.42. The van der Waals surface area contributed by atoms with Gasteiger partial charge >= 0.3 is 0 Å². The number of nitrogens with zero attached hydrogens (tertiary/aromatic N) is 6. The number of aromatic nitrogens is 6. The predicted molar refractivity (Wildman–Crippen MR) is 203 cm³/mol. The fourth-order valence-electron chi connectivity index (χ4n) is 7.13. The van der Waals surface area contributed by atoms with Crippen LogP contribution in [0.2, 0.25) is 0 Å². The van der Waals surface area contributed by atoms with Gasteiger partial charge < -0.3 is 4.57 Å². The Hall–Kier alpha value is -6.92. The molecule has 6 aromatic carbocycles. The highest BCUT2D eigenvalue weighted by molar-refractivity contribution is 6.11. The molecule has 234 valence electrons. The van der Waals surface area contributed by atoms with Crippen LogP contribution < -0.4 is 0 Å². The van der Waals surface area contributed by atoms with E-state index in [0.29, 0.717) is 17.6 Å². The van der Waals surface area contributed by atoms with E-state index in [2.05, 4.69) is 106 Å². The van der Waals surface area contributed by atoms with Gasteiger partial charge in [0.2, 0.25) is 5.95 Å². The smallest absolute Gasteiger partial charge is 0.240 e. The Balaban J connectivity index is 1.18. The molecule has 0 spiro atoms. The Labute approximate surface area is 287 Å². The Bertz CT molecular complexity index is 2800. The van der Waals surface area contributed by atoms with Gasteiger partial charge in [-0.1, -0.05) is 115 Å². The van der Waals surface area contributed by atoms with Crippen molar-refractivity contribution in [2.45, 2.75) is 0 Å². The number of benzene rings is 6.